The van der Waals surface area contributed by atoms with Crippen molar-refractivity contribution in [1.82, 2.24) is 5.32 Å². The molecule has 0 atom stereocenters. The maximum absolute atomic E-state index is 13.3. The van der Waals surface area contributed by atoms with Gasteiger partial charge < -0.3 is 5.32 Å². The summed E-state index contributed by atoms with van der Waals surface area (Å²) in [6, 6.07) is 5.15. The van der Waals surface area contributed by atoms with E-state index in [9.17, 15) is 4.39 Å². The van der Waals surface area contributed by atoms with Crippen LogP contribution in [0.25, 0.3) is 0 Å². The van der Waals surface area contributed by atoms with Gasteiger partial charge in [0.25, 0.3) is 0 Å². The Bertz CT molecular complexity index is 399. The van der Waals surface area contributed by atoms with Crippen molar-refractivity contribution >= 4 is 11.6 Å². The molecule has 1 rings (SSSR count). The number of unbranched alkanes of at least 4 members (excludes halogenated alkanes) is 1. The molecule has 0 aliphatic rings. The van der Waals surface area contributed by atoms with Crippen LogP contribution in [0.1, 0.15) is 24.0 Å². The van der Waals surface area contributed by atoms with E-state index in [4.69, 9.17) is 16.9 Å². The van der Waals surface area contributed by atoms with Gasteiger partial charge in [-0.3, -0.25) is 0 Å². The predicted molar refractivity (Wildman–Crippen MR) is 62.7 cm³/mol. The Morgan fingerprint density at radius 1 is 1.50 bits per heavy atom. The van der Waals surface area contributed by atoms with Crippen LogP contribution < -0.4 is 5.32 Å². The van der Waals surface area contributed by atoms with Gasteiger partial charge in [-0.15, -0.1) is 0 Å². The number of benzene rings is 1. The smallest absolute Gasteiger partial charge is 0.126 e. The lowest BCUT2D eigenvalue weighted by Gasteiger charge is -2.07. The van der Waals surface area contributed by atoms with E-state index < -0.39 is 0 Å². The molecule has 0 saturated carbocycles. The zero-order valence-electron chi connectivity index (χ0n) is 9.19. The van der Waals surface area contributed by atoms with E-state index in [-0.39, 0.29) is 5.82 Å². The molecule has 1 aromatic carbocycles. The highest BCUT2D eigenvalue weighted by atomic mass is 35.5. The summed E-state index contributed by atoms with van der Waals surface area (Å²) in [5.74, 6) is -0.238. The van der Waals surface area contributed by atoms with Crippen molar-refractivity contribution in [3.8, 4) is 6.07 Å². The van der Waals surface area contributed by atoms with Crippen LogP contribution in [0.2, 0.25) is 5.02 Å². The molecule has 4 heteroatoms. The topological polar surface area (TPSA) is 35.8 Å². The van der Waals surface area contributed by atoms with Gasteiger partial charge in [-0.1, -0.05) is 11.6 Å². The molecule has 16 heavy (non-hydrogen) atoms. The number of rotatable bonds is 5. The van der Waals surface area contributed by atoms with Gasteiger partial charge in [0.15, 0.2) is 0 Å². The molecule has 0 saturated heterocycles. The van der Waals surface area contributed by atoms with E-state index in [1.807, 2.05) is 0 Å². The maximum atomic E-state index is 13.3. The quantitative estimate of drug-likeness (QED) is 0.803. The highest BCUT2D eigenvalue weighted by Gasteiger charge is 2.05. The molecule has 0 fully saturated rings. The first-order valence-corrected chi connectivity index (χ1v) is 5.55. The molecule has 0 aliphatic heterocycles. The van der Waals surface area contributed by atoms with Gasteiger partial charge in [0, 0.05) is 18.0 Å². The molecule has 0 heterocycles. The molecule has 0 radical (unpaired) electrons. The van der Waals surface area contributed by atoms with Crippen LogP contribution in [-0.2, 0) is 6.54 Å². The van der Waals surface area contributed by atoms with Gasteiger partial charge in [-0.2, -0.15) is 5.26 Å². The molecule has 0 bridgehead atoms. The van der Waals surface area contributed by atoms with Crippen LogP contribution in [-0.4, -0.2) is 6.54 Å². The van der Waals surface area contributed by atoms with E-state index in [1.54, 1.807) is 13.0 Å². The number of hydrogen-bond acceptors (Lipinski definition) is 2. The third kappa shape index (κ3) is 3.80. The molecule has 0 aromatic heterocycles. The molecular weight excluding hydrogens is 227 g/mol. The molecule has 86 valence electrons. The van der Waals surface area contributed by atoms with Gasteiger partial charge in [-0.05, 0) is 43.1 Å². The number of hydrogen-bond donors (Lipinski definition) is 1. The lowest BCUT2D eigenvalue weighted by atomic mass is 10.1. The van der Waals surface area contributed by atoms with Crippen molar-refractivity contribution in [2.75, 3.05) is 6.54 Å². The fourth-order valence-corrected chi connectivity index (χ4v) is 1.62. The minimum absolute atomic E-state index is 0.238. The minimum Gasteiger partial charge on any atom is -0.313 e. The summed E-state index contributed by atoms with van der Waals surface area (Å²) in [6.07, 6.45) is 1.32. The maximum Gasteiger partial charge on any atom is 0.126 e. The summed E-state index contributed by atoms with van der Waals surface area (Å²) in [5, 5.41) is 12.0. The number of aryl methyl sites for hydroxylation is 1. The van der Waals surface area contributed by atoms with Crippen LogP contribution in [0, 0.1) is 24.1 Å². The first kappa shape index (κ1) is 13.0. The minimum atomic E-state index is -0.238. The van der Waals surface area contributed by atoms with Crippen LogP contribution >= 0.6 is 11.6 Å². The molecule has 2 nitrogen and oxygen atoms in total. The number of nitrogens with zero attached hydrogens (tertiary/aromatic N) is 1. The molecule has 1 N–H and O–H groups in total. The van der Waals surface area contributed by atoms with Crippen molar-refractivity contribution < 1.29 is 4.39 Å². The van der Waals surface area contributed by atoms with Crippen molar-refractivity contribution in [2.24, 2.45) is 0 Å². The number of halogens is 2. The zero-order chi connectivity index (χ0) is 12.0. The summed E-state index contributed by atoms with van der Waals surface area (Å²) in [4.78, 5) is 0. The van der Waals surface area contributed by atoms with Gasteiger partial charge in [-0.25, -0.2) is 4.39 Å². The predicted octanol–water partition coefficient (Wildman–Crippen LogP) is 3.18. The lowest BCUT2D eigenvalue weighted by Crippen LogP contribution is -2.15. The monoisotopic (exact) mass is 240 g/mol. The fraction of sp³-hybridized carbons (Fsp3) is 0.417. The summed E-state index contributed by atoms with van der Waals surface area (Å²) >= 11 is 5.98. The summed E-state index contributed by atoms with van der Waals surface area (Å²) in [7, 11) is 0. The van der Waals surface area contributed by atoms with E-state index in [2.05, 4.69) is 11.4 Å². The van der Waals surface area contributed by atoms with E-state index >= 15 is 0 Å². The second-order valence-corrected chi connectivity index (χ2v) is 4.04. The second-order valence-electron chi connectivity index (χ2n) is 3.63. The standard InChI is InChI=1S/C12H14ClFN2/c1-9-6-11(13)10(7-12(9)14)8-16-5-3-2-4-15/h6-7,16H,2-3,5,8H2,1H3. The first-order valence-electron chi connectivity index (χ1n) is 5.17. The van der Waals surface area contributed by atoms with E-state index in [1.165, 1.54) is 6.07 Å². The SMILES string of the molecule is Cc1cc(Cl)c(CNCCCC#N)cc1F. The third-order valence-corrected chi connectivity index (χ3v) is 2.64. The molecule has 0 amide bonds. The van der Waals surface area contributed by atoms with Crippen molar-refractivity contribution in [2.45, 2.75) is 26.3 Å². The summed E-state index contributed by atoms with van der Waals surface area (Å²) in [6.45, 7) is 2.95. The fourth-order valence-electron chi connectivity index (χ4n) is 1.34. The van der Waals surface area contributed by atoms with Gasteiger partial charge >= 0.3 is 0 Å². The molecule has 0 unspecified atom stereocenters. The second kappa shape index (κ2) is 6.47. The van der Waals surface area contributed by atoms with Crippen molar-refractivity contribution in [3.63, 3.8) is 0 Å². The van der Waals surface area contributed by atoms with Crippen LogP contribution in [0.3, 0.4) is 0 Å². The lowest BCUT2D eigenvalue weighted by molar-refractivity contribution is 0.609. The Balaban J connectivity index is 2.48. The van der Waals surface area contributed by atoms with Gasteiger partial charge in [0.05, 0.1) is 6.07 Å². The van der Waals surface area contributed by atoms with Crippen LogP contribution in [0.15, 0.2) is 12.1 Å². The van der Waals surface area contributed by atoms with E-state index in [0.29, 0.717) is 23.6 Å². The number of nitrogens with one attached hydrogen (secondary N) is 1. The Morgan fingerprint density at radius 2 is 2.25 bits per heavy atom. The van der Waals surface area contributed by atoms with E-state index in [0.717, 1.165) is 18.5 Å². The Labute approximate surface area is 100 Å². The first-order chi connectivity index (χ1) is 7.65. The number of nitriles is 1. The third-order valence-electron chi connectivity index (χ3n) is 2.29. The molecule has 0 aliphatic carbocycles. The summed E-state index contributed by atoms with van der Waals surface area (Å²) < 4.78 is 13.3. The largest absolute Gasteiger partial charge is 0.313 e. The van der Waals surface area contributed by atoms with Crippen LogP contribution in [0.5, 0.6) is 0 Å². The molecular formula is C12H14ClFN2. The Hall–Kier alpha value is -1.11. The zero-order valence-corrected chi connectivity index (χ0v) is 9.94. The van der Waals surface area contributed by atoms with Crippen molar-refractivity contribution in [1.29, 1.82) is 5.26 Å². The Morgan fingerprint density at radius 3 is 2.94 bits per heavy atom. The highest BCUT2D eigenvalue weighted by molar-refractivity contribution is 6.31. The molecule has 0 spiro atoms. The van der Waals surface area contributed by atoms with Gasteiger partial charge in [0.2, 0.25) is 0 Å². The van der Waals surface area contributed by atoms with Gasteiger partial charge in [0.1, 0.15) is 5.82 Å². The normalized spacial score (nSPS) is 10.1. The summed E-state index contributed by atoms with van der Waals surface area (Å²) in [5.41, 5.74) is 1.31. The Kier molecular flexibility index (Phi) is 5.24. The average Bonchev–Trinajstić information content (AvgIpc) is 2.25. The average molecular weight is 241 g/mol. The van der Waals surface area contributed by atoms with Crippen molar-refractivity contribution in [3.05, 3.63) is 34.1 Å². The highest BCUT2D eigenvalue weighted by Crippen LogP contribution is 2.20. The van der Waals surface area contributed by atoms with Crippen LogP contribution in [0.4, 0.5) is 4.39 Å². The molecule has 1 aromatic rings.